The number of nitrogens with one attached hydrogen (secondary N) is 1. The summed E-state index contributed by atoms with van der Waals surface area (Å²) < 4.78 is 56.9. The number of azide groups is 1. The van der Waals surface area contributed by atoms with Crippen molar-refractivity contribution in [3.63, 3.8) is 0 Å². The summed E-state index contributed by atoms with van der Waals surface area (Å²) in [5.74, 6) is -0.675. The van der Waals surface area contributed by atoms with Crippen LogP contribution in [0.1, 0.15) is 68.4 Å². The number of benzene rings is 3. The van der Waals surface area contributed by atoms with Crippen LogP contribution in [0.4, 0.5) is 18.9 Å². The van der Waals surface area contributed by atoms with Gasteiger partial charge < -0.3 is 24.6 Å². The Morgan fingerprint density at radius 3 is 2.38 bits per heavy atom. The lowest BCUT2D eigenvalue weighted by molar-refractivity contribution is -0.155. The predicted octanol–water partition coefficient (Wildman–Crippen LogP) is 7.10. The Morgan fingerprint density at radius 1 is 1.06 bits per heavy atom. The SMILES string of the molecule is CC(C)(C)OC(=O)CC[C@@]1(C(=O)NCc2ccc(C(F)(F)F)cc2)N=C(c2ccc(OCCCO)cc2)O[C@@H]1c1ccccc1N=[N+]=[N-]. The van der Waals surface area contributed by atoms with Gasteiger partial charge in [-0.15, -0.1) is 0 Å². The highest BCUT2D eigenvalue weighted by Crippen LogP contribution is 2.46. The maximum atomic E-state index is 14.3. The minimum absolute atomic E-state index is 0.0201. The van der Waals surface area contributed by atoms with E-state index in [9.17, 15) is 28.3 Å². The molecule has 1 aliphatic rings. The standard InChI is InChI=1S/C34H36F3N5O6/c1-32(2,3)48-28(44)17-18-33(31(45)39-21-22-9-13-24(14-10-22)34(35,36)37)29(26-7-4-5-8-27(26)41-42-38)47-30(40-33)23-11-15-25(16-12-23)46-20-6-19-43/h4-5,7-16,29,43H,6,17-21H2,1-3H3,(H,39,45)/t29-,33-/m1/s1. The quantitative estimate of drug-likeness (QED) is 0.0651. The van der Waals surface area contributed by atoms with Crippen molar-refractivity contribution in [2.24, 2.45) is 10.1 Å². The second kappa shape index (κ2) is 15.2. The minimum Gasteiger partial charge on any atom is -0.494 e. The number of nitrogens with zero attached hydrogens (tertiary/aromatic N) is 4. The third kappa shape index (κ3) is 9.05. The summed E-state index contributed by atoms with van der Waals surface area (Å²) in [5.41, 5.74) is 7.20. The second-order valence-corrected chi connectivity index (χ2v) is 12.0. The van der Waals surface area contributed by atoms with Gasteiger partial charge in [-0.05, 0) is 74.7 Å². The van der Waals surface area contributed by atoms with Crippen LogP contribution in [-0.2, 0) is 31.8 Å². The summed E-state index contributed by atoms with van der Waals surface area (Å²) in [6.45, 7) is 5.26. The Hall–Kier alpha value is -5.07. The lowest BCUT2D eigenvalue weighted by Gasteiger charge is -2.31. The summed E-state index contributed by atoms with van der Waals surface area (Å²) in [7, 11) is 0. The molecule has 48 heavy (non-hydrogen) atoms. The molecule has 3 aromatic carbocycles. The van der Waals surface area contributed by atoms with Gasteiger partial charge in [0, 0.05) is 47.7 Å². The zero-order chi connectivity index (χ0) is 35.0. The van der Waals surface area contributed by atoms with E-state index in [-0.39, 0.29) is 37.6 Å². The fraction of sp³-hybridized carbons (Fsp3) is 0.382. The minimum atomic E-state index is -4.52. The maximum absolute atomic E-state index is 14.3. The molecule has 0 aliphatic carbocycles. The number of aliphatic imine (C=N–C) groups is 1. The molecule has 3 aromatic rings. The molecule has 14 heteroatoms. The number of hydrogen-bond donors (Lipinski definition) is 2. The fourth-order valence-electron chi connectivity index (χ4n) is 5.03. The van der Waals surface area contributed by atoms with E-state index in [4.69, 9.17) is 24.3 Å². The molecular formula is C34H36F3N5O6. The van der Waals surface area contributed by atoms with Crippen molar-refractivity contribution in [2.75, 3.05) is 13.2 Å². The van der Waals surface area contributed by atoms with E-state index < -0.39 is 40.9 Å². The van der Waals surface area contributed by atoms with Gasteiger partial charge in [0.1, 0.15) is 11.4 Å². The Labute approximate surface area is 275 Å². The highest BCUT2D eigenvalue weighted by Gasteiger charge is 2.54. The maximum Gasteiger partial charge on any atom is 0.416 e. The van der Waals surface area contributed by atoms with Gasteiger partial charge in [-0.2, -0.15) is 13.2 Å². The number of aliphatic hydroxyl groups excluding tert-OH is 1. The normalized spacial score (nSPS) is 17.5. The smallest absolute Gasteiger partial charge is 0.416 e. The van der Waals surface area contributed by atoms with Gasteiger partial charge in [-0.1, -0.05) is 41.5 Å². The Balaban J connectivity index is 1.76. The number of hydrogen-bond acceptors (Lipinski definition) is 8. The van der Waals surface area contributed by atoms with Crippen LogP contribution < -0.4 is 10.1 Å². The van der Waals surface area contributed by atoms with Crippen LogP contribution in [0.5, 0.6) is 5.75 Å². The molecule has 2 atom stereocenters. The Morgan fingerprint density at radius 2 is 1.75 bits per heavy atom. The van der Waals surface area contributed by atoms with Gasteiger partial charge in [0.2, 0.25) is 5.90 Å². The van der Waals surface area contributed by atoms with Gasteiger partial charge in [0.25, 0.3) is 5.91 Å². The summed E-state index contributed by atoms with van der Waals surface area (Å²) >= 11 is 0. The average Bonchev–Trinajstić information content (AvgIpc) is 3.43. The monoisotopic (exact) mass is 667 g/mol. The first-order valence-electron chi connectivity index (χ1n) is 15.2. The summed E-state index contributed by atoms with van der Waals surface area (Å²) in [6.07, 6.45) is -5.70. The third-order valence-corrected chi connectivity index (χ3v) is 7.27. The summed E-state index contributed by atoms with van der Waals surface area (Å²) in [4.78, 5) is 35.0. The number of rotatable bonds is 13. The molecule has 1 amide bonds. The predicted molar refractivity (Wildman–Crippen MR) is 170 cm³/mol. The first kappa shape index (κ1) is 35.8. The number of alkyl halides is 3. The topological polar surface area (TPSA) is 155 Å². The van der Waals surface area contributed by atoms with E-state index in [1.807, 2.05) is 0 Å². The lowest BCUT2D eigenvalue weighted by Crippen LogP contribution is -2.48. The van der Waals surface area contributed by atoms with Crippen molar-refractivity contribution in [1.29, 1.82) is 0 Å². The number of carbonyl (C=O) groups excluding carboxylic acids is 2. The highest BCUT2D eigenvalue weighted by atomic mass is 19.4. The molecule has 0 saturated heterocycles. The van der Waals surface area contributed by atoms with Crippen LogP contribution in [-0.4, -0.2) is 47.2 Å². The van der Waals surface area contributed by atoms with Crippen LogP contribution in [0.15, 0.2) is 82.9 Å². The molecule has 1 aliphatic heterocycles. The van der Waals surface area contributed by atoms with Crippen LogP contribution in [0.25, 0.3) is 10.4 Å². The number of aliphatic hydroxyl groups is 1. The summed E-state index contributed by atoms with van der Waals surface area (Å²) in [6, 6.07) is 17.5. The van der Waals surface area contributed by atoms with Crippen molar-refractivity contribution in [3.8, 4) is 5.75 Å². The second-order valence-electron chi connectivity index (χ2n) is 12.0. The van der Waals surface area contributed by atoms with Crippen molar-refractivity contribution in [3.05, 3.63) is 105 Å². The lowest BCUT2D eigenvalue weighted by atomic mass is 9.82. The van der Waals surface area contributed by atoms with E-state index in [2.05, 4.69) is 15.3 Å². The first-order chi connectivity index (χ1) is 22.8. The van der Waals surface area contributed by atoms with E-state index in [0.717, 1.165) is 12.1 Å². The zero-order valence-electron chi connectivity index (χ0n) is 26.7. The average molecular weight is 668 g/mol. The van der Waals surface area contributed by atoms with Gasteiger partial charge in [-0.3, -0.25) is 9.59 Å². The molecule has 0 fully saturated rings. The molecule has 2 N–H and O–H groups in total. The number of esters is 1. The van der Waals surface area contributed by atoms with Gasteiger partial charge in [0.05, 0.1) is 12.2 Å². The van der Waals surface area contributed by atoms with E-state index in [1.165, 1.54) is 12.1 Å². The number of halogens is 3. The molecular weight excluding hydrogens is 631 g/mol. The molecule has 0 saturated carbocycles. The summed E-state index contributed by atoms with van der Waals surface area (Å²) in [5, 5.41) is 15.6. The largest absolute Gasteiger partial charge is 0.494 e. The molecule has 11 nitrogen and oxygen atoms in total. The number of carbonyl (C=O) groups is 2. The Kier molecular flexibility index (Phi) is 11.3. The molecule has 0 radical (unpaired) electrons. The molecule has 0 aromatic heterocycles. The van der Waals surface area contributed by atoms with Crippen LogP contribution in [0.2, 0.25) is 0 Å². The molecule has 0 unspecified atom stereocenters. The van der Waals surface area contributed by atoms with Crippen molar-refractivity contribution >= 4 is 23.5 Å². The molecule has 4 rings (SSSR count). The van der Waals surface area contributed by atoms with Gasteiger partial charge >= 0.3 is 12.1 Å². The van der Waals surface area contributed by atoms with Crippen LogP contribution >= 0.6 is 0 Å². The number of ether oxygens (including phenoxy) is 3. The van der Waals surface area contributed by atoms with Gasteiger partial charge in [-0.25, -0.2) is 4.99 Å². The molecule has 0 spiro atoms. The zero-order valence-corrected chi connectivity index (χ0v) is 26.7. The molecule has 254 valence electrons. The first-order valence-corrected chi connectivity index (χ1v) is 15.2. The fourth-order valence-corrected chi connectivity index (χ4v) is 5.03. The highest BCUT2D eigenvalue weighted by molar-refractivity contribution is 6.01. The van der Waals surface area contributed by atoms with Crippen molar-refractivity contribution in [2.45, 2.75) is 70.0 Å². The van der Waals surface area contributed by atoms with Crippen LogP contribution in [0.3, 0.4) is 0 Å². The van der Waals surface area contributed by atoms with E-state index in [0.29, 0.717) is 35.5 Å². The van der Waals surface area contributed by atoms with Crippen molar-refractivity contribution in [1.82, 2.24) is 5.32 Å². The third-order valence-electron chi connectivity index (χ3n) is 7.27. The van der Waals surface area contributed by atoms with E-state index >= 15 is 0 Å². The van der Waals surface area contributed by atoms with Gasteiger partial charge in [0.15, 0.2) is 11.6 Å². The van der Waals surface area contributed by atoms with Crippen molar-refractivity contribution < 1.29 is 42.1 Å². The number of amides is 1. The molecule has 1 heterocycles. The van der Waals surface area contributed by atoms with E-state index in [1.54, 1.807) is 69.3 Å². The molecule has 0 bridgehead atoms. The Bertz CT molecular complexity index is 1670. The van der Waals surface area contributed by atoms with Crippen LogP contribution in [0, 0.1) is 0 Å².